The van der Waals surface area contributed by atoms with Crippen LogP contribution in [0.25, 0.3) is 5.65 Å². The number of pyridine rings is 1. The number of anilines is 1. The van der Waals surface area contributed by atoms with Crippen LogP contribution in [-0.4, -0.2) is 15.3 Å². The number of carbonyl (C=O) groups is 1. The Morgan fingerprint density at radius 3 is 2.80 bits per heavy atom. The predicted molar refractivity (Wildman–Crippen MR) is 79.1 cm³/mol. The average Bonchev–Trinajstić information content (AvgIpc) is 2.80. The van der Waals surface area contributed by atoms with E-state index in [-0.39, 0.29) is 5.91 Å². The SMILES string of the molecule is Cc1cn2ccc(C(=O)Nc3ccccc3C)cc2n1. The standard InChI is InChI=1S/C16H15N3O/c1-11-5-3-4-6-14(11)18-16(20)13-7-8-19-10-12(2)17-15(19)9-13/h3-10H,1-2H3,(H,18,20). The van der Waals surface area contributed by atoms with Gasteiger partial charge in [0.2, 0.25) is 0 Å². The number of carbonyl (C=O) groups excluding carboxylic acids is 1. The molecule has 1 N–H and O–H groups in total. The van der Waals surface area contributed by atoms with Gasteiger partial charge >= 0.3 is 0 Å². The van der Waals surface area contributed by atoms with Crippen molar-refractivity contribution in [2.24, 2.45) is 0 Å². The maximum atomic E-state index is 12.3. The average molecular weight is 265 g/mol. The summed E-state index contributed by atoms with van der Waals surface area (Å²) in [4.78, 5) is 16.6. The molecule has 0 atom stereocenters. The summed E-state index contributed by atoms with van der Waals surface area (Å²) in [5.74, 6) is -0.123. The van der Waals surface area contributed by atoms with Gasteiger partial charge in [-0.3, -0.25) is 4.79 Å². The van der Waals surface area contributed by atoms with Crippen molar-refractivity contribution < 1.29 is 4.79 Å². The highest BCUT2D eigenvalue weighted by Crippen LogP contribution is 2.15. The molecule has 0 unspecified atom stereocenters. The van der Waals surface area contributed by atoms with Crippen LogP contribution in [0, 0.1) is 13.8 Å². The van der Waals surface area contributed by atoms with Crippen molar-refractivity contribution in [2.75, 3.05) is 5.32 Å². The Balaban J connectivity index is 1.90. The summed E-state index contributed by atoms with van der Waals surface area (Å²) in [7, 11) is 0. The lowest BCUT2D eigenvalue weighted by molar-refractivity contribution is 0.102. The van der Waals surface area contributed by atoms with Gasteiger partial charge in [0.1, 0.15) is 5.65 Å². The summed E-state index contributed by atoms with van der Waals surface area (Å²) in [5.41, 5.74) is 4.18. The minimum Gasteiger partial charge on any atom is -0.322 e. The summed E-state index contributed by atoms with van der Waals surface area (Å²) in [6, 6.07) is 11.3. The van der Waals surface area contributed by atoms with E-state index < -0.39 is 0 Å². The number of amides is 1. The lowest BCUT2D eigenvalue weighted by Gasteiger charge is -2.08. The first kappa shape index (κ1) is 12.4. The number of imidazole rings is 1. The van der Waals surface area contributed by atoms with E-state index in [0.29, 0.717) is 5.56 Å². The molecule has 0 fully saturated rings. The molecule has 3 rings (SSSR count). The molecule has 0 spiro atoms. The van der Waals surface area contributed by atoms with E-state index in [0.717, 1.165) is 22.6 Å². The highest BCUT2D eigenvalue weighted by molar-refractivity contribution is 6.05. The van der Waals surface area contributed by atoms with E-state index in [1.807, 2.05) is 54.9 Å². The van der Waals surface area contributed by atoms with E-state index in [1.54, 1.807) is 12.1 Å². The molecule has 4 heteroatoms. The van der Waals surface area contributed by atoms with Gasteiger partial charge in [-0.1, -0.05) is 18.2 Å². The fourth-order valence-electron chi connectivity index (χ4n) is 2.16. The van der Waals surface area contributed by atoms with Crippen LogP contribution in [0.15, 0.2) is 48.8 Å². The second kappa shape index (κ2) is 4.81. The fraction of sp³-hybridized carbons (Fsp3) is 0.125. The van der Waals surface area contributed by atoms with Gasteiger partial charge in [0.05, 0.1) is 5.69 Å². The Labute approximate surface area is 117 Å². The van der Waals surface area contributed by atoms with E-state index in [1.165, 1.54) is 0 Å². The molecule has 2 aromatic heterocycles. The second-order valence-electron chi connectivity index (χ2n) is 4.83. The first-order valence-electron chi connectivity index (χ1n) is 6.46. The lowest BCUT2D eigenvalue weighted by atomic mass is 10.2. The Morgan fingerprint density at radius 1 is 1.20 bits per heavy atom. The molecule has 0 aliphatic rings. The molecular weight excluding hydrogens is 250 g/mol. The summed E-state index contributed by atoms with van der Waals surface area (Å²) in [6.07, 6.45) is 3.78. The maximum Gasteiger partial charge on any atom is 0.255 e. The Morgan fingerprint density at radius 2 is 2.00 bits per heavy atom. The topological polar surface area (TPSA) is 46.4 Å². The van der Waals surface area contributed by atoms with Crippen molar-refractivity contribution in [3.8, 4) is 0 Å². The zero-order valence-corrected chi connectivity index (χ0v) is 11.4. The molecule has 1 amide bonds. The third-order valence-electron chi connectivity index (χ3n) is 3.24. The number of hydrogen-bond donors (Lipinski definition) is 1. The third kappa shape index (κ3) is 2.28. The Kier molecular flexibility index (Phi) is 2.99. The quantitative estimate of drug-likeness (QED) is 0.773. The van der Waals surface area contributed by atoms with Crippen molar-refractivity contribution in [3.63, 3.8) is 0 Å². The van der Waals surface area contributed by atoms with Crippen LogP contribution in [0.1, 0.15) is 21.6 Å². The van der Waals surface area contributed by atoms with E-state index >= 15 is 0 Å². The number of hydrogen-bond acceptors (Lipinski definition) is 2. The molecule has 2 heterocycles. The summed E-state index contributed by atoms with van der Waals surface area (Å²) in [5, 5.41) is 2.92. The van der Waals surface area contributed by atoms with Crippen molar-refractivity contribution in [2.45, 2.75) is 13.8 Å². The van der Waals surface area contributed by atoms with Crippen LogP contribution in [0.5, 0.6) is 0 Å². The summed E-state index contributed by atoms with van der Waals surface area (Å²) >= 11 is 0. The zero-order valence-electron chi connectivity index (χ0n) is 11.4. The minimum absolute atomic E-state index is 0.123. The van der Waals surface area contributed by atoms with E-state index in [9.17, 15) is 4.79 Å². The van der Waals surface area contributed by atoms with Gasteiger partial charge in [0, 0.05) is 23.6 Å². The van der Waals surface area contributed by atoms with Crippen LogP contribution >= 0.6 is 0 Å². The number of para-hydroxylation sites is 1. The largest absolute Gasteiger partial charge is 0.322 e. The number of nitrogens with one attached hydrogen (secondary N) is 1. The Hall–Kier alpha value is -2.62. The normalized spacial score (nSPS) is 10.7. The van der Waals surface area contributed by atoms with Gasteiger partial charge in [-0.05, 0) is 37.6 Å². The van der Waals surface area contributed by atoms with Crippen molar-refractivity contribution in [1.29, 1.82) is 0 Å². The third-order valence-corrected chi connectivity index (χ3v) is 3.24. The van der Waals surface area contributed by atoms with Gasteiger partial charge in [0.25, 0.3) is 5.91 Å². The molecule has 0 aliphatic carbocycles. The summed E-state index contributed by atoms with van der Waals surface area (Å²) < 4.78 is 1.90. The van der Waals surface area contributed by atoms with Crippen LogP contribution in [0.2, 0.25) is 0 Å². The molecule has 0 aliphatic heterocycles. The fourth-order valence-corrected chi connectivity index (χ4v) is 2.16. The van der Waals surface area contributed by atoms with Gasteiger partial charge in [0.15, 0.2) is 0 Å². The number of nitrogens with zero attached hydrogens (tertiary/aromatic N) is 2. The van der Waals surface area contributed by atoms with Crippen LogP contribution in [0.3, 0.4) is 0 Å². The second-order valence-corrected chi connectivity index (χ2v) is 4.83. The van der Waals surface area contributed by atoms with E-state index in [4.69, 9.17) is 0 Å². The highest BCUT2D eigenvalue weighted by Gasteiger charge is 2.09. The van der Waals surface area contributed by atoms with Crippen LogP contribution in [0.4, 0.5) is 5.69 Å². The number of rotatable bonds is 2. The smallest absolute Gasteiger partial charge is 0.255 e. The molecule has 4 nitrogen and oxygen atoms in total. The zero-order chi connectivity index (χ0) is 14.1. The molecule has 20 heavy (non-hydrogen) atoms. The van der Waals surface area contributed by atoms with Crippen molar-refractivity contribution >= 4 is 17.2 Å². The van der Waals surface area contributed by atoms with Crippen LogP contribution < -0.4 is 5.32 Å². The first-order valence-corrected chi connectivity index (χ1v) is 6.46. The highest BCUT2D eigenvalue weighted by atomic mass is 16.1. The summed E-state index contributed by atoms with van der Waals surface area (Å²) in [6.45, 7) is 3.90. The molecule has 0 saturated heterocycles. The van der Waals surface area contributed by atoms with Gasteiger partial charge in [-0.2, -0.15) is 0 Å². The molecular formula is C16H15N3O. The van der Waals surface area contributed by atoms with Crippen LogP contribution in [-0.2, 0) is 0 Å². The molecule has 0 saturated carbocycles. The van der Waals surface area contributed by atoms with Gasteiger partial charge in [-0.25, -0.2) is 4.98 Å². The minimum atomic E-state index is -0.123. The van der Waals surface area contributed by atoms with Gasteiger partial charge < -0.3 is 9.72 Å². The monoisotopic (exact) mass is 265 g/mol. The lowest BCUT2D eigenvalue weighted by Crippen LogP contribution is -2.13. The number of fused-ring (bicyclic) bond motifs is 1. The maximum absolute atomic E-state index is 12.3. The number of aryl methyl sites for hydroxylation is 2. The molecule has 3 aromatic rings. The Bertz CT molecular complexity index is 789. The van der Waals surface area contributed by atoms with E-state index in [2.05, 4.69) is 10.3 Å². The molecule has 0 bridgehead atoms. The molecule has 0 radical (unpaired) electrons. The molecule has 1 aromatic carbocycles. The molecule has 100 valence electrons. The number of benzene rings is 1. The van der Waals surface area contributed by atoms with Crippen molar-refractivity contribution in [3.05, 3.63) is 65.6 Å². The number of aromatic nitrogens is 2. The first-order chi connectivity index (χ1) is 9.63. The predicted octanol–water partition coefficient (Wildman–Crippen LogP) is 3.20. The van der Waals surface area contributed by atoms with Gasteiger partial charge in [-0.15, -0.1) is 0 Å². The van der Waals surface area contributed by atoms with Crippen molar-refractivity contribution in [1.82, 2.24) is 9.38 Å².